The number of hydrogen-bond acceptors (Lipinski definition) is 0. The van der Waals surface area contributed by atoms with Crippen molar-refractivity contribution in [3.63, 3.8) is 0 Å². The minimum Gasteiger partial charge on any atom is -0.0998 e. The Bertz CT molecular complexity index is 66.6. The summed E-state index contributed by atoms with van der Waals surface area (Å²) in [7, 11) is 0. The maximum Gasteiger partial charge on any atom is 0.00997 e. The van der Waals surface area contributed by atoms with Gasteiger partial charge in [0.2, 0.25) is 0 Å². The summed E-state index contributed by atoms with van der Waals surface area (Å²) in [6.45, 7) is 7.86. The van der Waals surface area contributed by atoms with Crippen LogP contribution in [-0.4, -0.2) is 5.75 Å². The van der Waals surface area contributed by atoms with Crippen molar-refractivity contribution >= 4 is 12.6 Å². The van der Waals surface area contributed by atoms with E-state index in [-0.39, 0.29) is 0 Å². The van der Waals surface area contributed by atoms with E-state index in [0.29, 0.717) is 5.92 Å². The Kier molecular flexibility index (Phi) is 3.18. The van der Waals surface area contributed by atoms with Gasteiger partial charge in [0.25, 0.3) is 0 Å². The molecule has 0 aromatic heterocycles. The lowest BCUT2D eigenvalue weighted by Gasteiger charge is -2.02. The van der Waals surface area contributed by atoms with Crippen LogP contribution in [0.25, 0.3) is 0 Å². The predicted octanol–water partition coefficient (Wildman–Crippen LogP) is 2.40. The average Bonchev–Trinajstić information content (AvgIpc) is 1.65. The molecule has 0 N–H and O–H groups in total. The second-order valence-corrected chi connectivity index (χ2v) is 2.25. The molecule has 1 unspecified atom stereocenters. The smallest absolute Gasteiger partial charge is 0.00997 e. The highest BCUT2D eigenvalue weighted by Gasteiger charge is 1.95. The lowest BCUT2D eigenvalue weighted by atomic mass is 10.1. The van der Waals surface area contributed by atoms with Crippen molar-refractivity contribution in [1.29, 1.82) is 0 Å². The van der Waals surface area contributed by atoms with Crippen molar-refractivity contribution in [2.24, 2.45) is 5.92 Å². The molecule has 0 fully saturated rings. The van der Waals surface area contributed by atoms with E-state index in [2.05, 4.69) is 13.5 Å². The predicted molar refractivity (Wildman–Crippen MR) is 36.4 cm³/mol. The second kappa shape index (κ2) is 3.14. The van der Waals surface area contributed by atoms with Crippen LogP contribution in [0.2, 0.25) is 0 Å². The normalized spacial score (nSPS) is 13.6. The molecule has 0 aliphatic rings. The summed E-state index contributed by atoms with van der Waals surface area (Å²) in [6, 6.07) is 0. The highest BCUT2D eigenvalue weighted by Crippen LogP contribution is 2.06. The minimum atomic E-state index is 0.523. The molecule has 0 amide bonds. The molecule has 0 aliphatic heterocycles. The van der Waals surface area contributed by atoms with Crippen molar-refractivity contribution in [3.8, 4) is 0 Å². The van der Waals surface area contributed by atoms with Crippen molar-refractivity contribution in [2.75, 3.05) is 5.75 Å². The molecule has 1 heteroatoms. The molecule has 0 heterocycles. The highest BCUT2D eigenvalue weighted by atomic mass is 32.1. The summed E-state index contributed by atoms with van der Waals surface area (Å²) in [5.74, 6) is 1.32. The summed E-state index contributed by atoms with van der Waals surface area (Å²) in [6.07, 6.45) is 0. The fraction of sp³-hybridized carbons (Fsp3) is 0.667. The monoisotopic (exact) mass is 115 g/mol. The molecule has 0 spiro atoms. The third kappa shape index (κ3) is 2.75. The van der Waals surface area contributed by atoms with E-state index in [1.165, 1.54) is 5.57 Å². The number of rotatable bonds is 2. The zero-order chi connectivity index (χ0) is 5.86. The Morgan fingerprint density at radius 3 is 2.29 bits per heavy atom. The van der Waals surface area contributed by atoms with Gasteiger partial charge in [0.05, 0.1) is 0 Å². The third-order valence-corrected chi connectivity index (χ3v) is 1.59. The maximum atomic E-state index is 4.79. The summed E-state index contributed by atoms with van der Waals surface area (Å²) < 4.78 is 0. The van der Waals surface area contributed by atoms with Crippen LogP contribution in [0.5, 0.6) is 0 Å². The molecule has 0 nitrogen and oxygen atoms in total. The Morgan fingerprint density at radius 1 is 1.86 bits per heavy atom. The summed E-state index contributed by atoms with van der Waals surface area (Å²) >= 11 is 4.79. The summed E-state index contributed by atoms with van der Waals surface area (Å²) in [5.41, 5.74) is 1.19. The van der Waals surface area contributed by atoms with E-state index in [4.69, 9.17) is 12.6 Å². The third-order valence-electron chi connectivity index (χ3n) is 1.09. The van der Waals surface area contributed by atoms with Crippen LogP contribution in [0.15, 0.2) is 12.2 Å². The quantitative estimate of drug-likeness (QED) is 0.485. The number of hydrogen-bond donors (Lipinski definition) is 0. The van der Waals surface area contributed by atoms with E-state index in [0.717, 1.165) is 5.75 Å². The van der Waals surface area contributed by atoms with Gasteiger partial charge in [-0.1, -0.05) is 31.7 Å². The van der Waals surface area contributed by atoms with Gasteiger partial charge in [-0.3, -0.25) is 0 Å². The standard InChI is InChI=1S/C6H11S/c1-5(2)6(3)4-7/h6H,1,4H2,2-3H3. The summed E-state index contributed by atoms with van der Waals surface area (Å²) in [5, 5.41) is 0. The molecule has 0 aliphatic carbocycles. The molecule has 0 saturated heterocycles. The van der Waals surface area contributed by atoms with Crippen molar-refractivity contribution in [1.82, 2.24) is 0 Å². The first-order chi connectivity index (χ1) is 3.18. The Balaban J connectivity index is 3.34. The van der Waals surface area contributed by atoms with Gasteiger partial charge in [-0.15, -0.1) is 0 Å². The fourth-order valence-corrected chi connectivity index (χ4v) is 0.427. The van der Waals surface area contributed by atoms with Crippen LogP contribution in [0.1, 0.15) is 13.8 Å². The largest absolute Gasteiger partial charge is 0.0998 e. The Labute approximate surface area is 51.0 Å². The van der Waals surface area contributed by atoms with Crippen molar-refractivity contribution in [3.05, 3.63) is 12.2 Å². The van der Waals surface area contributed by atoms with Gasteiger partial charge in [0.15, 0.2) is 0 Å². The molecular weight excluding hydrogens is 104 g/mol. The highest BCUT2D eigenvalue weighted by molar-refractivity contribution is 7.80. The lowest BCUT2D eigenvalue weighted by Crippen LogP contribution is -1.94. The Morgan fingerprint density at radius 2 is 2.29 bits per heavy atom. The van der Waals surface area contributed by atoms with Crippen LogP contribution in [0.3, 0.4) is 0 Å². The first-order valence-corrected chi connectivity index (χ1v) is 2.99. The lowest BCUT2D eigenvalue weighted by molar-refractivity contribution is 0.790. The molecule has 1 atom stereocenters. The zero-order valence-electron chi connectivity index (χ0n) is 4.90. The van der Waals surface area contributed by atoms with Crippen LogP contribution < -0.4 is 0 Å². The Hall–Kier alpha value is 0.0900. The number of allylic oxidation sites excluding steroid dienone is 1. The maximum absolute atomic E-state index is 4.79. The average molecular weight is 115 g/mol. The molecule has 0 rings (SSSR count). The first-order valence-electron chi connectivity index (χ1n) is 2.42. The van der Waals surface area contributed by atoms with Gasteiger partial charge in [-0.25, -0.2) is 0 Å². The minimum absolute atomic E-state index is 0.523. The van der Waals surface area contributed by atoms with Crippen LogP contribution in [0.4, 0.5) is 0 Å². The molecular formula is C6H11S. The van der Waals surface area contributed by atoms with Gasteiger partial charge in [-0.05, 0) is 12.8 Å². The SMILES string of the molecule is C=C(C)C(C)C[S]. The fourth-order valence-electron chi connectivity index (χ4n) is 0.142. The second-order valence-electron chi connectivity index (χ2n) is 1.91. The molecule has 1 radical (unpaired) electrons. The molecule has 0 aromatic carbocycles. The zero-order valence-corrected chi connectivity index (χ0v) is 5.72. The van der Waals surface area contributed by atoms with E-state index < -0.39 is 0 Å². The molecule has 0 bridgehead atoms. The molecule has 7 heavy (non-hydrogen) atoms. The van der Waals surface area contributed by atoms with Crippen molar-refractivity contribution < 1.29 is 0 Å². The van der Waals surface area contributed by atoms with E-state index in [1.807, 2.05) is 6.92 Å². The van der Waals surface area contributed by atoms with Gasteiger partial charge in [0.1, 0.15) is 0 Å². The van der Waals surface area contributed by atoms with E-state index >= 15 is 0 Å². The first kappa shape index (κ1) is 7.09. The van der Waals surface area contributed by atoms with Gasteiger partial charge < -0.3 is 0 Å². The molecule has 0 aromatic rings. The van der Waals surface area contributed by atoms with Crippen LogP contribution in [-0.2, 0) is 0 Å². The molecule has 0 saturated carbocycles. The van der Waals surface area contributed by atoms with E-state index in [1.54, 1.807) is 0 Å². The molecule has 41 valence electrons. The van der Waals surface area contributed by atoms with Gasteiger partial charge >= 0.3 is 0 Å². The van der Waals surface area contributed by atoms with Gasteiger partial charge in [-0.2, -0.15) is 0 Å². The summed E-state index contributed by atoms with van der Waals surface area (Å²) in [4.78, 5) is 0. The van der Waals surface area contributed by atoms with Gasteiger partial charge in [0, 0.05) is 5.75 Å². The van der Waals surface area contributed by atoms with Crippen LogP contribution >= 0.6 is 12.6 Å². The topological polar surface area (TPSA) is 0 Å². The van der Waals surface area contributed by atoms with Crippen LogP contribution in [0, 0.1) is 5.92 Å². The van der Waals surface area contributed by atoms with E-state index in [9.17, 15) is 0 Å². The van der Waals surface area contributed by atoms with Crippen molar-refractivity contribution in [2.45, 2.75) is 13.8 Å².